The second kappa shape index (κ2) is 6.01. The highest BCUT2D eigenvalue weighted by atomic mass is 15.1. The van der Waals surface area contributed by atoms with Crippen molar-refractivity contribution in [2.24, 2.45) is 5.92 Å². The molecule has 0 radical (unpaired) electrons. The van der Waals surface area contributed by atoms with Crippen LogP contribution in [0.15, 0.2) is 43.0 Å². The average Bonchev–Trinajstić information content (AvgIpc) is 3.31. The van der Waals surface area contributed by atoms with Crippen molar-refractivity contribution >= 4 is 0 Å². The first kappa shape index (κ1) is 14.2. The predicted octanol–water partition coefficient (Wildman–Crippen LogP) is 2.72. The largest absolute Gasteiger partial charge is 0.316 e. The Balaban J connectivity index is 1.60. The molecule has 1 saturated heterocycles. The molecule has 0 unspecified atom stereocenters. The summed E-state index contributed by atoms with van der Waals surface area (Å²) in [5, 5.41) is 11.1. The summed E-state index contributed by atoms with van der Waals surface area (Å²) in [6.07, 6.45) is 7.92. The van der Waals surface area contributed by atoms with Crippen LogP contribution in [0.1, 0.15) is 17.7 Å². The van der Waals surface area contributed by atoms with E-state index in [2.05, 4.69) is 51.7 Å². The van der Waals surface area contributed by atoms with Gasteiger partial charge in [0.1, 0.15) is 0 Å². The third-order valence-corrected chi connectivity index (χ3v) is 4.59. The number of aryl methyl sites for hydroxylation is 1. The number of hydrogen-bond acceptors (Lipinski definition) is 3. The fourth-order valence-electron chi connectivity index (χ4n) is 3.26. The van der Waals surface area contributed by atoms with E-state index < -0.39 is 0 Å². The molecule has 0 bridgehead atoms. The van der Waals surface area contributed by atoms with Crippen LogP contribution < -0.4 is 5.32 Å². The number of nitrogens with one attached hydrogen (secondary N) is 2. The van der Waals surface area contributed by atoms with Crippen LogP contribution in [0.3, 0.4) is 0 Å². The molecule has 1 aromatic carbocycles. The Labute approximate surface area is 135 Å². The zero-order valence-corrected chi connectivity index (χ0v) is 13.3. The number of aromatic amines is 1. The average molecular weight is 307 g/mol. The lowest BCUT2D eigenvalue weighted by Gasteiger charge is -2.08. The van der Waals surface area contributed by atoms with Crippen LogP contribution in [-0.4, -0.2) is 32.8 Å². The van der Waals surface area contributed by atoms with Crippen molar-refractivity contribution < 1.29 is 0 Å². The SMILES string of the molecule is Cc1ccc(-c2cc(C[C@@H]3CCNC3)[nH]n2)cc1-n1ccnc1. The van der Waals surface area contributed by atoms with Crippen molar-refractivity contribution in [1.29, 1.82) is 0 Å². The zero-order chi connectivity index (χ0) is 15.6. The van der Waals surface area contributed by atoms with E-state index in [1.165, 1.54) is 17.7 Å². The second-order valence-electron chi connectivity index (χ2n) is 6.31. The topological polar surface area (TPSA) is 58.5 Å². The van der Waals surface area contributed by atoms with E-state index in [0.29, 0.717) is 0 Å². The fraction of sp³-hybridized carbons (Fsp3) is 0.333. The quantitative estimate of drug-likeness (QED) is 0.779. The summed E-state index contributed by atoms with van der Waals surface area (Å²) in [5.41, 5.74) is 5.72. The van der Waals surface area contributed by atoms with Gasteiger partial charge in [0.25, 0.3) is 0 Å². The maximum Gasteiger partial charge on any atom is 0.0991 e. The first-order valence-corrected chi connectivity index (χ1v) is 8.14. The van der Waals surface area contributed by atoms with Crippen molar-refractivity contribution in [3.05, 3.63) is 54.2 Å². The number of nitrogens with zero attached hydrogens (tertiary/aromatic N) is 3. The van der Waals surface area contributed by atoms with Gasteiger partial charge in [-0.1, -0.05) is 12.1 Å². The molecule has 2 aromatic heterocycles. The molecule has 3 heterocycles. The Hall–Kier alpha value is -2.40. The summed E-state index contributed by atoms with van der Waals surface area (Å²) in [5.74, 6) is 0.725. The molecule has 118 valence electrons. The summed E-state index contributed by atoms with van der Waals surface area (Å²) in [6, 6.07) is 8.63. The van der Waals surface area contributed by atoms with Gasteiger partial charge in [0.05, 0.1) is 17.7 Å². The van der Waals surface area contributed by atoms with Crippen LogP contribution >= 0.6 is 0 Å². The molecule has 3 aromatic rings. The lowest BCUT2D eigenvalue weighted by atomic mass is 10.0. The van der Waals surface area contributed by atoms with Gasteiger partial charge in [0.2, 0.25) is 0 Å². The number of H-pyrrole nitrogens is 1. The van der Waals surface area contributed by atoms with E-state index in [9.17, 15) is 0 Å². The predicted molar refractivity (Wildman–Crippen MR) is 90.6 cm³/mol. The maximum atomic E-state index is 4.51. The van der Waals surface area contributed by atoms with Gasteiger partial charge in [0.15, 0.2) is 0 Å². The van der Waals surface area contributed by atoms with Crippen molar-refractivity contribution in [3.63, 3.8) is 0 Å². The zero-order valence-electron chi connectivity index (χ0n) is 13.3. The molecular formula is C18H21N5. The monoisotopic (exact) mass is 307 g/mol. The molecule has 0 aliphatic carbocycles. The van der Waals surface area contributed by atoms with Gasteiger partial charge in [-0.25, -0.2) is 4.98 Å². The van der Waals surface area contributed by atoms with Gasteiger partial charge in [-0.05, 0) is 56.5 Å². The normalized spacial score (nSPS) is 17.7. The molecular weight excluding hydrogens is 286 g/mol. The summed E-state index contributed by atoms with van der Waals surface area (Å²) in [4.78, 5) is 4.14. The second-order valence-corrected chi connectivity index (χ2v) is 6.31. The van der Waals surface area contributed by atoms with E-state index in [4.69, 9.17) is 0 Å². The van der Waals surface area contributed by atoms with Crippen LogP contribution in [0.25, 0.3) is 16.9 Å². The lowest BCUT2D eigenvalue weighted by molar-refractivity contribution is 0.571. The summed E-state index contributed by atoms with van der Waals surface area (Å²) in [7, 11) is 0. The molecule has 0 amide bonds. The summed E-state index contributed by atoms with van der Waals surface area (Å²) in [6.45, 7) is 4.36. The number of hydrogen-bond donors (Lipinski definition) is 2. The van der Waals surface area contributed by atoms with Gasteiger partial charge in [0, 0.05) is 23.7 Å². The van der Waals surface area contributed by atoms with Crippen LogP contribution in [0.5, 0.6) is 0 Å². The smallest absolute Gasteiger partial charge is 0.0991 e. The standard InChI is InChI=1S/C18H21N5/c1-13-2-3-15(9-18(13)23-7-6-20-12-23)17-10-16(21-22-17)8-14-4-5-19-11-14/h2-3,6-7,9-10,12,14,19H,4-5,8,11H2,1H3,(H,21,22)/t14-/m0/s1. The Morgan fingerprint density at radius 3 is 3.04 bits per heavy atom. The summed E-state index contributed by atoms with van der Waals surface area (Å²) >= 11 is 0. The third-order valence-electron chi connectivity index (χ3n) is 4.59. The van der Waals surface area contributed by atoms with Crippen LogP contribution in [0, 0.1) is 12.8 Å². The molecule has 1 atom stereocenters. The van der Waals surface area contributed by atoms with E-state index in [1.54, 1.807) is 6.20 Å². The number of aromatic nitrogens is 4. The molecule has 1 fully saturated rings. The molecule has 1 aliphatic rings. The number of imidazole rings is 1. The summed E-state index contributed by atoms with van der Waals surface area (Å²) < 4.78 is 2.04. The first-order valence-electron chi connectivity index (χ1n) is 8.14. The van der Waals surface area contributed by atoms with Crippen LogP contribution in [0.2, 0.25) is 0 Å². The molecule has 0 spiro atoms. The van der Waals surface area contributed by atoms with E-state index in [0.717, 1.165) is 42.4 Å². The van der Waals surface area contributed by atoms with Gasteiger partial charge in [-0.3, -0.25) is 5.10 Å². The van der Waals surface area contributed by atoms with Gasteiger partial charge >= 0.3 is 0 Å². The first-order chi connectivity index (χ1) is 11.3. The van der Waals surface area contributed by atoms with E-state index >= 15 is 0 Å². The molecule has 23 heavy (non-hydrogen) atoms. The highest BCUT2D eigenvalue weighted by Gasteiger charge is 2.16. The molecule has 4 rings (SSSR count). The lowest BCUT2D eigenvalue weighted by Crippen LogP contribution is -2.10. The van der Waals surface area contributed by atoms with Crippen LogP contribution in [0.4, 0.5) is 0 Å². The van der Waals surface area contributed by atoms with Crippen molar-refractivity contribution in [2.75, 3.05) is 13.1 Å². The highest BCUT2D eigenvalue weighted by Crippen LogP contribution is 2.25. The van der Waals surface area contributed by atoms with E-state index in [1.807, 2.05) is 17.1 Å². The third kappa shape index (κ3) is 2.92. The Morgan fingerprint density at radius 2 is 2.26 bits per heavy atom. The van der Waals surface area contributed by atoms with Gasteiger partial charge in [-0.15, -0.1) is 0 Å². The molecule has 1 aliphatic heterocycles. The van der Waals surface area contributed by atoms with Crippen molar-refractivity contribution in [3.8, 4) is 16.9 Å². The Kier molecular flexibility index (Phi) is 3.71. The van der Waals surface area contributed by atoms with E-state index in [-0.39, 0.29) is 0 Å². The molecule has 5 nitrogen and oxygen atoms in total. The van der Waals surface area contributed by atoms with Gasteiger partial charge < -0.3 is 9.88 Å². The Morgan fingerprint density at radius 1 is 1.30 bits per heavy atom. The van der Waals surface area contributed by atoms with Crippen molar-refractivity contribution in [1.82, 2.24) is 25.1 Å². The number of rotatable bonds is 4. The Bertz CT molecular complexity index is 782. The van der Waals surface area contributed by atoms with Crippen molar-refractivity contribution in [2.45, 2.75) is 19.8 Å². The molecule has 5 heteroatoms. The minimum Gasteiger partial charge on any atom is -0.316 e. The van der Waals surface area contributed by atoms with Crippen LogP contribution in [-0.2, 0) is 6.42 Å². The number of benzene rings is 1. The maximum absolute atomic E-state index is 4.51. The molecule has 2 N–H and O–H groups in total. The minimum absolute atomic E-state index is 0.725. The fourth-order valence-corrected chi connectivity index (χ4v) is 3.26. The highest BCUT2D eigenvalue weighted by molar-refractivity contribution is 5.64. The minimum atomic E-state index is 0.725. The van der Waals surface area contributed by atoms with Gasteiger partial charge in [-0.2, -0.15) is 5.10 Å². The molecule has 0 saturated carbocycles.